The molecule has 1 amide bonds. The number of nitrogens with zero attached hydrogens (tertiary/aromatic N) is 5. The van der Waals surface area contributed by atoms with Crippen LogP contribution in [0.25, 0.3) is 0 Å². The zero-order valence-electron chi connectivity index (χ0n) is 9.67. The van der Waals surface area contributed by atoms with Crippen LogP contribution in [-0.4, -0.2) is 62.5 Å². The highest BCUT2D eigenvalue weighted by Crippen LogP contribution is 2.31. The first kappa shape index (κ1) is 10.6. The van der Waals surface area contributed by atoms with E-state index in [0.717, 1.165) is 39.0 Å². The molecule has 0 atom stereocenters. The number of hydrogen-bond donors (Lipinski definition) is 1. The maximum absolute atomic E-state index is 11.9. The van der Waals surface area contributed by atoms with Crippen molar-refractivity contribution in [1.29, 1.82) is 0 Å². The van der Waals surface area contributed by atoms with Gasteiger partial charge in [0.15, 0.2) is 5.82 Å². The summed E-state index contributed by atoms with van der Waals surface area (Å²) in [6.07, 6.45) is 2.17. The third kappa shape index (κ3) is 2.44. The number of nitrogens with one attached hydrogen (secondary N) is 1. The number of piperazine rings is 1. The molecule has 1 saturated heterocycles. The predicted octanol–water partition coefficient (Wildman–Crippen LogP) is -0.746. The minimum Gasteiger partial charge on any atom is -0.340 e. The molecular formula is C10H16N6O. The minimum atomic E-state index is 0.332. The number of H-pyrrole nitrogens is 1. The first-order valence-electron chi connectivity index (χ1n) is 6.06. The number of carbonyl (C=O) groups excluding carboxylic acids is 1. The molecule has 2 aliphatic rings. The van der Waals surface area contributed by atoms with Gasteiger partial charge in [0.1, 0.15) is 0 Å². The molecule has 2 heterocycles. The summed E-state index contributed by atoms with van der Waals surface area (Å²) in [4.78, 5) is 16.1. The Bertz CT molecular complexity index is 380. The van der Waals surface area contributed by atoms with Crippen LogP contribution in [0, 0.1) is 5.92 Å². The van der Waals surface area contributed by atoms with Crippen molar-refractivity contribution in [3.63, 3.8) is 0 Å². The zero-order valence-corrected chi connectivity index (χ0v) is 9.67. The van der Waals surface area contributed by atoms with E-state index in [4.69, 9.17) is 0 Å². The van der Waals surface area contributed by atoms with Crippen molar-refractivity contribution in [2.24, 2.45) is 5.92 Å². The second-order valence-electron chi connectivity index (χ2n) is 4.70. The van der Waals surface area contributed by atoms with E-state index in [1.54, 1.807) is 0 Å². The van der Waals surface area contributed by atoms with Crippen LogP contribution in [0.2, 0.25) is 0 Å². The van der Waals surface area contributed by atoms with Crippen molar-refractivity contribution < 1.29 is 4.79 Å². The lowest BCUT2D eigenvalue weighted by atomic mass is 10.2. The standard InChI is InChI=1S/C10H16N6O/c17-10(8-1-2-8)16-5-3-15(4-6-16)7-9-11-13-14-12-9/h8H,1-7H2,(H,11,12,13,14). The van der Waals surface area contributed by atoms with Crippen molar-refractivity contribution in [3.05, 3.63) is 5.82 Å². The van der Waals surface area contributed by atoms with Gasteiger partial charge in [0.25, 0.3) is 0 Å². The number of hydrogen-bond acceptors (Lipinski definition) is 5. The summed E-state index contributed by atoms with van der Waals surface area (Å²) in [5.74, 6) is 1.40. The molecule has 7 nitrogen and oxygen atoms in total. The molecular weight excluding hydrogens is 220 g/mol. The Labute approximate surface area is 99.2 Å². The zero-order chi connectivity index (χ0) is 11.7. The summed E-state index contributed by atoms with van der Waals surface area (Å²) in [6, 6.07) is 0. The molecule has 1 aliphatic carbocycles. The van der Waals surface area contributed by atoms with E-state index in [9.17, 15) is 4.79 Å². The smallest absolute Gasteiger partial charge is 0.225 e. The molecule has 0 bridgehead atoms. The molecule has 2 fully saturated rings. The third-order valence-electron chi connectivity index (χ3n) is 3.36. The lowest BCUT2D eigenvalue weighted by molar-refractivity contribution is -0.134. The Hall–Kier alpha value is -1.50. The number of carbonyl (C=O) groups is 1. The molecule has 1 saturated carbocycles. The summed E-state index contributed by atoms with van der Waals surface area (Å²) in [5.41, 5.74) is 0. The van der Waals surface area contributed by atoms with E-state index < -0.39 is 0 Å². The molecule has 0 spiro atoms. The van der Waals surface area contributed by atoms with E-state index in [2.05, 4.69) is 25.5 Å². The maximum Gasteiger partial charge on any atom is 0.225 e. The topological polar surface area (TPSA) is 78.0 Å². The molecule has 1 aliphatic heterocycles. The molecule has 0 unspecified atom stereocenters. The average Bonchev–Trinajstić information content (AvgIpc) is 3.09. The highest BCUT2D eigenvalue weighted by atomic mass is 16.2. The van der Waals surface area contributed by atoms with E-state index in [-0.39, 0.29) is 0 Å². The van der Waals surface area contributed by atoms with E-state index in [1.807, 2.05) is 4.90 Å². The van der Waals surface area contributed by atoms with Crippen molar-refractivity contribution in [1.82, 2.24) is 30.4 Å². The van der Waals surface area contributed by atoms with Crippen LogP contribution < -0.4 is 0 Å². The minimum absolute atomic E-state index is 0.332. The molecule has 1 aromatic heterocycles. The van der Waals surface area contributed by atoms with Crippen LogP contribution in [0.1, 0.15) is 18.7 Å². The number of rotatable bonds is 3. The SMILES string of the molecule is O=C(C1CC1)N1CCN(Cc2nn[nH]n2)CC1. The van der Waals surface area contributed by atoms with Crippen molar-refractivity contribution >= 4 is 5.91 Å². The molecule has 3 rings (SSSR count). The number of aromatic amines is 1. The van der Waals surface area contributed by atoms with Crippen LogP contribution in [-0.2, 0) is 11.3 Å². The summed E-state index contributed by atoms with van der Waals surface area (Å²) in [5, 5.41) is 13.8. The van der Waals surface area contributed by atoms with Gasteiger partial charge in [-0.15, -0.1) is 10.2 Å². The fourth-order valence-electron chi connectivity index (χ4n) is 2.16. The fourth-order valence-corrected chi connectivity index (χ4v) is 2.16. The van der Waals surface area contributed by atoms with Gasteiger partial charge in [0, 0.05) is 32.1 Å². The van der Waals surface area contributed by atoms with Gasteiger partial charge in [-0.2, -0.15) is 5.21 Å². The van der Waals surface area contributed by atoms with Crippen molar-refractivity contribution in [2.75, 3.05) is 26.2 Å². The first-order valence-corrected chi connectivity index (χ1v) is 6.06. The maximum atomic E-state index is 11.9. The highest BCUT2D eigenvalue weighted by molar-refractivity contribution is 5.81. The molecule has 17 heavy (non-hydrogen) atoms. The Morgan fingerprint density at radius 1 is 1.29 bits per heavy atom. The summed E-state index contributed by atoms with van der Waals surface area (Å²) >= 11 is 0. The van der Waals surface area contributed by atoms with Crippen LogP contribution in [0.5, 0.6) is 0 Å². The van der Waals surface area contributed by atoms with E-state index >= 15 is 0 Å². The van der Waals surface area contributed by atoms with Gasteiger partial charge in [0.05, 0.1) is 6.54 Å². The quantitative estimate of drug-likeness (QED) is 0.747. The summed E-state index contributed by atoms with van der Waals surface area (Å²) in [6.45, 7) is 4.16. The van der Waals surface area contributed by atoms with Crippen LogP contribution in [0.4, 0.5) is 0 Å². The number of tetrazole rings is 1. The van der Waals surface area contributed by atoms with Gasteiger partial charge in [0.2, 0.25) is 5.91 Å². The fraction of sp³-hybridized carbons (Fsp3) is 0.800. The molecule has 0 radical (unpaired) electrons. The van der Waals surface area contributed by atoms with Gasteiger partial charge in [-0.25, -0.2) is 0 Å². The molecule has 92 valence electrons. The molecule has 1 N–H and O–H groups in total. The second-order valence-corrected chi connectivity index (χ2v) is 4.70. The van der Waals surface area contributed by atoms with Crippen LogP contribution in [0.15, 0.2) is 0 Å². The van der Waals surface area contributed by atoms with Gasteiger partial charge >= 0.3 is 0 Å². The lowest BCUT2D eigenvalue weighted by Gasteiger charge is -2.34. The molecule has 7 heteroatoms. The monoisotopic (exact) mass is 236 g/mol. The van der Waals surface area contributed by atoms with Gasteiger partial charge in [-0.1, -0.05) is 5.21 Å². The predicted molar refractivity (Wildman–Crippen MR) is 58.8 cm³/mol. The van der Waals surface area contributed by atoms with Gasteiger partial charge < -0.3 is 4.90 Å². The average molecular weight is 236 g/mol. The first-order chi connectivity index (χ1) is 8.33. The summed E-state index contributed by atoms with van der Waals surface area (Å²) < 4.78 is 0. The van der Waals surface area contributed by atoms with Crippen LogP contribution in [0.3, 0.4) is 0 Å². The normalized spacial score (nSPS) is 21.8. The van der Waals surface area contributed by atoms with E-state index in [0.29, 0.717) is 24.2 Å². The Morgan fingerprint density at radius 3 is 2.65 bits per heavy atom. The van der Waals surface area contributed by atoms with Crippen molar-refractivity contribution in [2.45, 2.75) is 19.4 Å². The van der Waals surface area contributed by atoms with Gasteiger partial charge in [-0.05, 0) is 12.8 Å². The summed E-state index contributed by atoms with van der Waals surface area (Å²) in [7, 11) is 0. The van der Waals surface area contributed by atoms with Crippen molar-refractivity contribution in [3.8, 4) is 0 Å². The Kier molecular flexibility index (Phi) is 2.76. The number of amides is 1. The largest absolute Gasteiger partial charge is 0.340 e. The number of aromatic nitrogens is 4. The lowest BCUT2D eigenvalue weighted by Crippen LogP contribution is -2.48. The third-order valence-corrected chi connectivity index (χ3v) is 3.36. The van der Waals surface area contributed by atoms with Crippen LogP contribution >= 0.6 is 0 Å². The Balaban J connectivity index is 1.48. The van der Waals surface area contributed by atoms with Gasteiger partial charge in [-0.3, -0.25) is 9.69 Å². The Morgan fingerprint density at radius 2 is 2.06 bits per heavy atom. The highest BCUT2D eigenvalue weighted by Gasteiger charge is 2.34. The molecule has 0 aromatic carbocycles. The second kappa shape index (κ2) is 4.40. The van der Waals surface area contributed by atoms with E-state index in [1.165, 1.54) is 0 Å². The molecule has 1 aromatic rings.